The van der Waals surface area contributed by atoms with E-state index in [4.69, 9.17) is 0 Å². The first kappa shape index (κ1) is 14.5. The number of nitrogens with one attached hydrogen (secondary N) is 3. The predicted octanol–water partition coefficient (Wildman–Crippen LogP) is 0.942. The highest BCUT2D eigenvalue weighted by atomic mass is 32.2. The number of H-pyrrole nitrogens is 1. The van der Waals surface area contributed by atoms with Crippen LogP contribution in [-0.2, 0) is 16.6 Å². The number of aromatic amines is 1. The molecule has 0 amide bonds. The molecule has 0 aromatic carbocycles. The first-order valence-corrected chi connectivity index (χ1v) is 7.55. The maximum absolute atomic E-state index is 12.4. The number of pyridine rings is 1. The maximum atomic E-state index is 12.4. The standard InChI is InChI=1S/C12H17N5O2S/c1-8-4-10(6-14-5-8)17-20(18,19)12-11(7-13-3)9(2)15-16-12/h4-6,13,17H,7H2,1-3H3,(H,15,16). The van der Waals surface area contributed by atoms with Gasteiger partial charge in [-0.2, -0.15) is 13.5 Å². The Balaban J connectivity index is 2.36. The second-order valence-electron chi connectivity index (χ2n) is 4.52. The number of hydrogen-bond donors (Lipinski definition) is 3. The molecule has 0 aliphatic carbocycles. The molecule has 0 aliphatic rings. The fourth-order valence-corrected chi connectivity index (χ4v) is 3.09. The van der Waals surface area contributed by atoms with Gasteiger partial charge in [-0.1, -0.05) is 0 Å². The monoisotopic (exact) mass is 295 g/mol. The van der Waals surface area contributed by atoms with E-state index in [2.05, 4.69) is 25.2 Å². The Bertz CT molecular complexity index is 708. The summed E-state index contributed by atoms with van der Waals surface area (Å²) < 4.78 is 27.2. The van der Waals surface area contributed by atoms with Gasteiger partial charge < -0.3 is 5.32 Å². The van der Waals surface area contributed by atoms with E-state index in [-0.39, 0.29) is 5.03 Å². The number of nitrogens with zero attached hydrogens (tertiary/aromatic N) is 2. The minimum atomic E-state index is -3.73. The Morgan fingerprint density at radius 1 is 1.30 bits per heavy atom. The Morgan fingerprint density at radius 2 is 2.05 bits per heavy atom. The van der Waals surface area contributed by atoms with Gasteiger partial charge in [0.2, 0.25) is 5.03 Å². The van der Waals surface area contributed by atoms with Crippen molar-refractivity contribution in [2.75, 3.05) is 11.8 Å². The Morgan fingerprint density at radius 3 is 2.70 bits per heavy atom. The van der Waals surface area contributed by atoms with Gasteiger partial charge in [-0.25, -0.2) is 0 Å². The summed E-state index contributed by atoms with van der Waals surface area (Å²) in [5.74, 6) is 0. The Hall–Kier alpha value is -1.93. The quantitative estimate of drug-likeness (QED) is 0.762. The highest BCUT2D eigenvalue weighted by Gasteiger charge is 2.23. The summed E-state index contributed by atoms with van der Waals surface area (Å²) in [6, 6.07) is 1.71. The minimum Gasteiger partial charge on any atom is -0.316 e. The molecule has 0 radical (unpaired) electrons. The van der Waals surface area contributed by atoms with Gasteiger partial charge in [0.1, 0.15) is 0 Å². The second-order valence-corrected chi connectivity index (χ2v) is 6.12. The van der Waals surface area contributed by atoms with Crippen LogP contribution >= 0.6 is 0 Å². The SMILES string of the molecule is CNCc1c(S(=O)(=O)Nc2cncc(C)c2)n[nH]c1C. The van der Waals surface area contributed by atoms with Gasteiger partial charge in [-0.15, -0.1) is 0 Å². The van der Waals surface area contributed by atoms with Crippen molar-refractivity contribution in [1.82, 2.24) is 20.5 Å². The summed E-state index contributed by atoms with van der Waals surface area (Å²) in [6.07, 6.45) is 3.12. The van der Waals surface area contributed by atoms with Crippen molar-refractivity contribution in [3.05, 3.63) is 35.3 Å². The number of aryl methyl sites for hydroxylation is 2. The molecule has 108 valence electrons. The number of hydrogen-bond acceptors (Lipinski definition) is 5. The summed E-state index contributed by atoms with van der Waals surface area (Å²) >= 11 is 0. The van der Waals surface area contributed by atoms with Gasteiger partial charge in [0.15, 0.2) is 0 Å². The van der Waals surface area contributed by atoms with Crippen molar-refractivity contribution in [2.45, 2.75) is 25.4 Å². The molecule has 0 saturated heterocycles. The zero-order valence-electron chi connectivity index (χ0n) is 11.6. The van der Waals surface area contributed by atoms with Gasteiger partial charge in [0.25, 0.3) is 10.0 Å². The molecule has 3 N–H and O–H groups in total. The van der Waals surface area contributed by atoms with Crippen LogP contribution in [0.4, 0.5) is 5.69 Å². The molecule has 0 unspecified atom stereocenters. The van der Waals surface area contributed by atoms with Crippen LogP contribution in [-0.4, -0.2) is 30.6 Å². The summed E-state index contributed by atoms with van der Waals surface area (Å²) in [7, 11) is -1.98. The molecule has 2 aromatic rings. The molecule has 0 spiro atoms. The van der Waals surface area contributed by atoms with Crippen LogP contribution in [0.5, 0.6) is 0 Å². The largest absolute Gasteiger partial charge is 0.316 e. The third kappa shape index (κ3) is 2.97. The Kier molecular flexibility index (Phi) is 4.05. The van der Waals surface area contributed by atoms with Crippen molar-refractivity contribution in [3.63, 3.8) is 0 Å². The summed E-state index contributed by atoms with van der Waals surface area (Å²) in [5, 5.41) is 9.53. The topological polar surface area (TPSA) is 99.8 Å². The van der Waals surface area contributed by atoms with Gasteiger partial charge in [-0.05, 0) is 32.5 Å². The molecule has 0 atom stereocenters. The zero-order chi connectivity index (χ0) is 14.8. The minimum absolute atomic E-state index is 0.00542. The van der Waals surface area contributed by atoms with E-state index in [1.54, 1.807) is 26.2 Å². The molecule has 0 saturated carbocycles. The molecule has 0 bridgehead atoms. The van der Waals surface area contributed by atoms with E-state index in [9.17, 15) is 8.42 Å². The van der Waals surface area contributed by atoms with Gasteiger partial charge in [-0.3, -0.25) is 14.8 Å². The summed E-state index contributed by atoms with van der Waals surface area (Å²) in [5.41, 5.74) is 2.64. The van der Waals surface area contributed by atoms with Gasteiger partial charge >= 0.3 is 0 Å². The summed E-state index contributed by atoms with van der Waals surface area (Å²) in [4.78, 5) is 3.96. The van der Waals surface area contributed by atoms with Crippen molar-refractivity contribution in [1.29, 1.82) is 0 Å². The highest BCUT2D eigenvalue weighted by molar-refractivity contribution is 7.92. The lowest BCUT2D eigenvalue weighted by atomic mass is 10.3. The third-order valence-corrected chi connectivity index (χ3v) is 4.12. The first-order chi connectivity index (χ1) is 9.44. The molecule has 2 heterocycles. The lowest BCUT2D eigenvalue weighted by molar-refractivity contribution is 0.595. The second kappa shape index (κ2) is 5.59. The van der Waals surface area contributed by atoms with Crippen molar-refractivity contribution >= 4 is 15.7 Å². The first-order valence-electron chi connectivity index (χ1n) is 6.07. The van der Waals surface area contributed by atoms with E-state index >= 15 is 0 Å². The van der Waals surface area contributed by atoms with E-state index < -0.39 is 10.0 Å². The van der Waals surface area contributed by atoms with Crippen molar-refractivity contribution < 1.29 is 8.42 Å². The molecule has 20 heavy (non-hydrogen) atoms. The molecular weight excluding hydrogens is 278 g/mol. The lowest BCUT2D eigenvalue weighted by Gasteiger charge is -2.08. The van der Waals surface area contributed by atoms with Crippen molar-refractivity contribution in [2.24, 2.45) is 0 Å². The van der Waals surface area contributed by atoms with E-state index in [1.165, 1.54) is 6.20 Å². The molecule has 0 fully saturated rings. The van der Waals surface area contributed by atoms with Crippen LogP contribution in [0.2, 0.25) is 0 Å². The lowest BCUT2D eigenvalue weighted by Crippen LogP contribution is -2.17. The number of aromatic nitrogens is 3. The smallest absolute Gasteiger partial charge is 0.281 e. The molecule has 0 aliphatic heterocycles. The van der Waals surface area contributed by atoms with Crippen LogP contribution in [0.25, 0.3) is 0 Å². The highest BCUT2D eigenvalue weighted by Crippen LogP contribution is 2.19. The molecule has 2 aromatic heterocycles. The van der Waals surface area contributed by atoms with Crippen LogP contribution in [0.1, 0.15) is 16.8 Å². The van der Waals surface area contributed by atoms with E-state index in [0.29, 0.717) is 17.8 Å². The Labute approximate surface area is 117 Å². The normalized spacial score (nSPS) is 11.6. The van der Waals surface area contributed by atoms with Crippen LogP contribution < -0.4 is 10.0 Å². The van der Waals surface area contributed by atoms with Crippen LogP contribution in [0.3, 0.4) is 0 Å². The molecular formula is C12H17N5O2S. The summed E-state index contributed by atoms with van der Waals surface area (Å²) in [6.45, 7) is 4.05. The number of rotatable bonds is 5. The van der Waals surface area contributed by atoms with Gasteiger partial charge in [0.05, 0.1) is 11.9 Å². The number of sulfonamides is 1. The number of anilines is 1. The third-order valence-electron chi connectivity index (χ3n) is 2.77. The average molecular weight is 295 g/mol. The van der Waals surface area contributed by atoms with Gasteiger partial charge in [0, 0.05) is 24.0 Å². The zero-order valence-corrected chi connectivity index (χ0v) is 12.4. The molecule has 7 nitrogen and oxygen atoms in total. The molecule has 2 rings (SSSR count). The predicted molar refractivity (Wildman–Crippen MR) is 75.9 cm³/mol. The van der Waals surface area contributed by atoms with Crippen LogP contribution in [0.15, 0.2) is 23.5 Å². The maximum Gasteiger partial charge on any atom is 0.281 e. The van der Waals surface area contributed by atoms with Crippen molar-refractivity contribution in [3.8, 4) is 0 Å². The van der Waals surface area contributed by atoms with E-state index in [1.807, 2.05) is 6.92 Å². The molecule has 8 heteroatoms. The fraction of sp³-hybridized carbons (Fsp3) is 0.333. The fourth-order valence-electron chi connectivity index (χ4n) is 1.85. The average Bonchev–Trinajstić information content (AvgIpc) is 2.72. The van der Waals surface area contributed by atoms with E-state index in [0.717, 1.165) is 11.3 Å². The van der Waals surface area contributed by atoms with Crippen LogP contribution in [0, 0.1) is 13.8 Å².